The monoisotopic (exact) mass is 204 g/mol. The SMILES string of the molecule is C[As](C)C(=O)CCCC=O. The van der Waals surface area contributed by atoms with Gasteiger partial charge in [-0.1, -0.05) is 0 Å². The van der Waals surface area contributed by atoms with Gasteiger partial charge in [-0.2, -0.15) is 0 Å². The van der Waals surface area contributed by atoms with Gasteiger partial charge in [-0.25, -0.2) is 0 Å². The van der Waals surface area contributed by atoms with E-state index in [-0.39, 0.29) is 0 Å². The molecule has 0 saturated carbocycles. The summed E-state index contributed by atoms with van der Waals surface area (Å²) >= 11 is -1.12. The number of hydrogen-bond acceptors (Lipinski definition) is 2. The van der Waals surface area contributed by atoms with Crippen LogP contribution in [0.2, 0.25) is 11.4 Å². The van der Waals surface area contributed by atoms with Crippen molar-refractivity contribution in [3.8, 4) is 0 Å². The van der Waals surface area contributed by atoms with Crippen molar-refractivity contribution in [3.63, 3.8) is 0 Å². The molecule has 0 aliphatic rings. The molecular weight excluding hydrogens is 191 g/mol. The Kier molecular flexibility index (Phi) is 5.61. The van der Waals surface area contributed by atoms with Gasteiger partial charge in [-0.15, -0.1) is 0 Å². The molecule has 0 aliphatic carbocycles. The molecule has 0 saturated heterocycles. The van der Waals surface area contributed by atoms with Gasteiger partial charge < -0.3 is 0 Å². The van der Waals surface area contributed by atoms with Crippen LogP contribution in [-0.2, 0) is 9.59 Å². The normalized spacial score (nSPS) is 9.90. The summed E-state index contributed by atoms with van der Waals surface area (Å²) in [6.45, 7) is 0. The molecule has 0 aliphatic heterocycles. The third-order valence-corrected chi connectivity index (χ3v) is 3.77. The van der Waals surface area contributed by atoms with E-state index >= 15 is 0 Å². The molecule has 3 heteroatoms. The van der Waals surface area contributed by atoms with Crippen LogP contribution in [0.15, 0.2) is 0 Å². The summed E-state index contributed by atoms with van der Waals surface area (Å²) < 4.78 is 0.398. The molecule has 0 amide bonds. The fourth-order valence-electron chi connectivity index (χ4n) is 0.560. The van der Waals surface area contributed by atoms with Crippen LogP contribution in [-0.4, -0.2) is 25.5 Å². The Hall–Kier alpha value is -0.102. The van der Waals surface area contributed by atoms with Gasteiger partial charge in [0.15, 0.2) is 0 Å². The third-order valence-electron chi connectivity index (χ3n) is 1.21. The molecule has 0 spiro atoms. The zero-order valence-electron chi connectivity index (χ0n) is 6.46. The maximum atomic E-state index is 11.0. The summed E-state index contributed by atoms with van der Waals surface area (Å²) in [6, 6.07) is 0. The average molecular weight is 204 g/mol. The van der Waals surface area contributed by atoms with E-state index in [0.717, 1.165) is 12.7 Å². The number of rotatable bonds is 5. The van der Waals surface area contributed by atoms with Crippen LogP contribution in [0.4, 0.5) is 0 Å². The summed E-state index contributed by atoms with van der Waals surface area (Å²) in [7, 11) is 0. The molecule has 0 heterocycles. The Balaban J connectivity index is 3.30. The fourth-order valence-corrected chi connectivity index (χ4v) is 1.83. The molecular formula is C7H13AsO2. The number of hydrogen-bond donors (Lipinski definition) is 0. The van der Waals surface area contributed by atoms with Gasteiger partial charge in [0, 0.05) is 0 Å². The van der Waals surface area contributed by atoms with Crippen LogP contribution < -0.4 is 0 Å². The van der Waals surface area contributed by atoms with Gasteiger partial charge in [0.05, 0.1) is 0 Å². The first-order chi connectivity index (χ1) is 4.68. The Morgan fingerprint density at radius 1 is 1.50 bits per heavy atom. The van der Waals surface area contributed by atoms with Gasteiger partial charge in [0.25, 0.3) is 0 Å². The van der Waals surface area contributed by atoms with E-state index in [2.05, 4.69) is 0 Å². The second-order valence-electron chi connectivity index (χ2n) is 2.35. The predicted molar refractivity (Wildman–Crippen MR) is 42.4 cm³/mol. The van der Waals surface area contributed by atoms with Crippen LogP contribution in [0.1, 0.15) is 19.3 Å². The Morgan fingerprint density at radius 3 is 2.50 bits per heavy atom. The van der Waals surface area contributed by atoms with Crippen molar-refractivity contribution in [2.24, 2.45) is 0 Å². The molecule has 0 aromatic carbocycles. The summed E-state index contributed by atoms with van der Waals surface area (Å²) in [6.07, 6.45) is 2.77. The van der Waals surface area contributed by atoms with Crippen molar-refractivity contribution < 1.29 is 9.59 Å². The van der Waals surface area contributed by atoms with Crippen LogP contribution >= 0.6 is 0 Å². The number of unbranched alkanes of at least 4 members (excludes halogenated alkanes) is 1. The van der Waals surface area contributed by atoms with Gasteiger partial charge in [-0.3, -0.25) is 0 Å². The van der Waals surface area contributed by atoms with Crippen molar-refractivity contribution in [1.29, 1.82) is 0 Å². The van der Waals surface area contributed by atoms with Gasteiger partial charge >= 0.3 is 65.8 Å². The average Bonchev–Trinajstić information content (AvgIpc) is 1.88. The predicted octanol–water partition coefficient (Wildman–Crippen LogP) is 1.22. The molecule has 0 fully saturated rings. The van der Waals surface area contributed by atoms with Crippen molar-refractivity contribution in [2.45, 2.75) is 30.7 Å². The minimum absolute atomic E-state index is 0.398. The van der Waals surface area contributed by atoms with Crippen LogP contribution in [0.3, 0.4) is 0 Å². The van der Waals surface area contributed by atoms with Gasteiger partial charge in [0.2, 0.25) is 0 Å². The molecule has 0 rings (SSSR count). The molecule has 0 radical (unpaired) electrons. The van der Waals surface area contributed by atoms with Crippen LogP contribution in [0, 0.1) is 0 Å². The standard InChI is InChI=1S/C7H13AsO2/c1-8(2)7(10)5-3-4-6-9/h6H,3-5H2,1-2H3. The number of carbonyl (C=O) groups excluding carboxylic acids is 2. The zero-order valence-corrected chi connectivity index (χ0v) is 8.34. The molecule has 0 atom stereocenters. The fraction of sp³-hybridized carbons (Fsp3) is 0.714. The van der Waals surface area contributed by atoms with E-state index in [1.165, 1.54) is 0 Å². The zero-order chi connectivity index (χ0) is 7.98. The second kappa shape index (κ2) is 5.67. The second-order valence-corrected chi connectivity index (χ2v) is 7.15. The van der Waals surface area contributed by atoms with Gasteiger partial charge in [0.1, 0.15) is 0 Å². The summed E-state index contributed by atoms with van der Waals surface area (Å²) in [4.78, 5) is 20.8. The first-order valence-electron chi connectivity index (χ1n) is 3.32. The van der Waals surface area contributed by atoms with Crippen LogP contribution in [0.25, 0.3) is 0 Å². The number of aldehydes is 1. The van der Waals surface area contributed by atoms with Crippen molar-refractivity contribution in [1.82, 2.24) is 0 Å². The summed E-state index contributed by atoms with van der Waals surface area (Å²) in [5.41, 5.74) is 4.05. The van der Waals surface area contributed by atoms with E-state index in [9.17, 15) is 9.59 Å². The Labute approximate surface area is 66.3 Å². The van der Waals surface area contributed by atoms with E-state index in [0.29, 0.717) is 17.4 Å². The first kappa shape index (κ1) is 9.90. The molecule has 2 nitrogen and oxygen atoms in total. The van der Waals surface area contributed by atoms with E-state index < -0.39 is 14.7 Å². The number of carbonyl (C=O) groups is 2. The molecule has 10 heavy (non-hydrogen) atoms. The Bertz CT molecular complexity index is 121. The Morgan fingerprint density at radius 2 is 2.10 bits per heavy atom. The molecule has 0 N–H and O–H groups in total. The topological polar surface area (TPSA) is 34.1 Å². The van der Waals surface area contributed by atoms with Crippen molar-refractivity contribution in [3.05, 3.63) is 0 Å². The molecule has 0 aromatic rings. The first-order valence-corrected chi connectivity index (χ1v) is 8.01. The quantitative estimate of drug-likeness (QED) is 0.383. The van der Waals surface area contributed by atoms with E-state index in [1.807, 2.05) is 11.4 Å². The van der Waals surface area contributed by atoms with Gasteiger partial charge in [-0.05, 0) is 0 Å². The molecule has 0 unspecified atom stereocenters. The van der Waals surface area contributed by atoms with E-state index in [4.69, 9.17) is 0 Å². The van der Waals surface area contributed by atoms with Crippen LogP contribution in [0.5, 0.6) is 0 Å². The summed E-state index contributed by atoms with van der Waals surface area (Å²) in [5, 5.41) is 0. The molecule has 0 aromatic heterocycles. The summed E-state index contributed by atoms with van der Waals surface area (Å²) in [5.74, 6) is 0. The maximum absolute atomic E-state index is 11.0. The third kappa shape index (κ3) is 4.75. The molecule has 0 bridgehead atoms. The van der Waals surface area contributed by atoms with E-state index in [1.54, 1.807) is 0 Å². The minimum atomic E-state index is -1.12. The van der Waals surface area contributed by atoms with Crippen molar-refractivity contribution in [2.75, 3.05) is 0 Å². The molecule has 58 valence electrons. The van der Waals surface area contributed by atoms with Crippen molar-refractivity contribution >= 4 is 25.5 Å².